The molecule has 0 amide bonds. The lowest BCUT2D eigenvalue weighted by molar-refractivity contribution is 0.434. The fourth-order valence-electron chi connectivity index (χ4n) is 1.65. The van der Waals surface area contributed by atoms with Crippen molar-refractivity contribution >= 4 is 11.6 Å². The summed E-state index contributed by atoms with van der Waals surface area (Å²) >= 11 is 6.08. The third kappa shape index (κ3) is 2.49. The van der Waals surface area contributed by atoms with Crippen LogP contribution < -0.4 is 5.32 Å². The van der Waals surface area contributed by atoms with Crippen molar-refractivity contribution in [3.63, 3.8) is 0 Å². The zero-order valence-electron chi connectivity index (χ0n) is 9.21. The van der Waals surface area contributed by atoms with E-state index in [0.717, 1.165) is 17.1 Å². The summed E-state index contributed by atoms with van der Waals surface area (Å²) < 4.78 is 1.84. The first-order chi connectivity index (χ1) is 6.56. The van der Waals surface area contributed by atoms with Gasteiger partial charge in [-0.05, 0) is 19.4 Å². The summed E-state index contributed by atoms with van der Waals surface area (Å²) in [6, 6.07) is 0.287. The van der Waals surface area contributed by atoms with Crippen LogP contribution in [-0.2, 0) is 7.05 Å². The summed E-state index contributed by atoms with van der Waals surface area (Å²) in [6.07, 6.45) is 2.76. The molecule has 0 aliphatic rings. The number of aryl methyl sites for hydroxylation is 1. The molecule has 0 aliphatic carbocycles. The molecule has 4 heteroatoms. The van der Waals surface area contributed by atoms with Crippen LogP contribution in [0.1, 0.15) is 32.0 Å². The molecule has 1 unspecified atom stereocenters. The second kappa shape index (κ2) is 4.80. The topological polar surface area (TPSA) is 29.9 Å². The van der Waals surface area contributed by atoms with Gasteiger partial charge < -0.3 is 5.32 Å². The molecule has 0 aliphatic heterocycles. The third-order valence-electron chi connectivity index (χ3n) is 2.32. The molecular formula is C10H18ClN3. The molecule has 0 radical (unpaired) electrons. The van der Waals surface area contributed by atoms with Crippen LogP contribution in [0.25, 0.3) is 0 Å². The molecule has 1 atom stereocenters. The van der Waals surface area contributed by atoms with Crippen molar-refractivity contribution in [3.05, 3.63) is 16.9 Å². The Kier molecular flexibility index (Phi) is 3.96. The van der Waals surface area contributed by atoms with E-state index in [9.17, 15) is 0 Å². The number of rotatable bonds is 4. The molecule has 3 nitrogen and oxygen atoms in total. The molecule has 1 heterocycles. The molecule has 0 aromatic carbocycles. The van der Waals surface area contributed by atoms with Crippen LogP contribution in [0.5, 0.6) is 0 Å². The largest absolute Gasteiger partial charge is 0.312 e. The molecule has 1 N–H and O–H groups in total. The summed E-state index contributed by atoms with van der Waals surface area (Å²) in [5.41, 5.74) is 1.07. The lowest BCUT2D eigenvalue weighted by atomic mass is 10.0. The molecule has 0 bridgehead atoms. The summed E-state index contributed by atoms with van der Waals surface area (Å²) in [6.45, 7) is 4.41. The van der Waals surface area contributed by atoms with Crippen LogP contribution >= 0.6 is 11.6 Å². The van der Waals surface area contributed by atoms with Crippen molar-refractivity contribution < 1.29 is 0 Å². The Morgan fingerprint density at radius 1 is 1.57 bits per heavy atom. The second-order valence-electron chi connectivity index (χ2n) is 3.97. The van der Waals surface area contributed by atoms with Gasteiger partial charge in [0.1, 0.15) is 0 Å². The Morgan fingerprint density at radius 3 is 2.57 bits per heavy atom. The van der Waals surface area contributed by atoms with Gasteiger partial charge in [0.25, 0.3) is 0 Å². The number of hydrogen-bond acceptors (Lipinski definition) is 2. The van der Waals surface area contributed by atoms with Gasteiger partial charge in [0.05, 0.1) is 23.0 Å². The van der Waals surface area contributed by atoms with E-state index in [-0.39, 0.29) is 6.04 Å². The SMILES string of the molecule is CNC(CC(C)C)c1c(Cl)cnn1C. The van der Waals surface area contributed by atoms with E-state index in [0.29, 0.717) is 5.92 Å². The number of nitrogens with one attached hydrogen (secondary N) is 1. The van der Waals surface area contributed by atoms with E-state index < -0.39 is 0 Å². The number of halogens is 1. The zero-order valence-corrected chi connectivity index (χ0v) is 9.97. The van der Waals surface area contributed by atoms with E-state index in [1.54, 1.807) is 6.20 Å². The Morgan fingerprint density at radius 2 is 2.21 bits per heavy atom. The lowest BCUT2D eigenvalue weighted by Gasteiger charge is -2.19. The molecule has 0 saturated carbocycles. The smallest absolute Gasteiger partial charge is 0.0833 e. The lowest BCUT2D eigenvalue weighted by Crippen LogP contribution is -2.21. The molecule has 0 spiro atoms. The fraction of sp³-hybridized carbons (Fsp3) is 0.700. The Hall–Kier alpha value is -0.540. The summed E-state index contributed by atoms with van der Waals surface area (Å²) in [4.78, 5) is 0. The monoisotopic (exact) mass is 215 g/mol. The normalized spacial score (nSPS) is 13.6. The maximum Gasteiger partial charge on any atom is 0.0833 e. The van der Waals surface area contributed by atoms with Crippen molar-refractivity contribution in [1.82, 2.24) is 15.1 Å². The van der Waals surface area contributed by atoms with Crippen molar-refractivity contribution in [1.29, 1.82) is 0 Å². The Labute approximate surface area is 90.4 Å². The van der Waals surface area contributed by atoms with Gasteiger partial charge in [0, 0.05) is 7.05 Å². The highest BCUT2D eigenvalue weighted by Gasteiger charge is 2.18. The van der Waals surface area contributed by atoms with Crippen molar-refractivity contribution in [3.8, 4) is 0 Å². The average Bonchev–Trinajstić information content (AvgIpc) is 2.43. The predicted octanol–water partition coefficient (Wildman–Crippen LogP) is 2.38. The molecule has 14 heavy (non-hydrogen) atoms. The molecule has 0 fully saturated rings. The standard InChI is InChI=1S/C10H18ClN3/c1-7(2)5-9(12-3)10-8(11)6-13-14(10)4/h6-7,9,12H,5H2,1-4H3. The van der Waals surface area contributed by atoms with E-state index >= 15 is 0 Å². The molecular weight excluding hydrogens is 198 g/mol. The zero-order chi connectivity index (χ0) is 10.7. The minimum absolute atomic E-state index is 0.287. The summed E-state index contributed by atoms with van der Waals surface area (Å²) in [5.74, 6) is 0.637. The quantitative estimate of drug-likeness (QED) is 0.836. The molecule has 1 aromatic rings. The van der Waals surface area contributed by atoms with Gasteiger partial charge in [-0.2, -0.15) is 5.10 Å². The van der Waals surface area contributed by atoms with E-state index in [4.69, 9.17) is 11.6 Å². The first-order valence-corrected chi connectivity index (χ1v) is 5.28. The average molecular weight is 216 g/mol. The molecule has 0 saturated heterocycles. The third-order valence-corrected chi connectivity index (χ3v) is 2.61. The van der Waals surface area contributed by atoms with Gasteiger partial charge >= 0.3 is 0 Å². The van der Waals surface area contributed by atoms with Crippen LogP contribution in [0.3, 0.4) is 0 Å². The van der Waals surface area contributed by atoms with Crippen molar-refractivity contribution in [2.45, 2.75) is 26.3 Å². The van der Waals surface area contributed by atoms with Gasteiger partial charge in [-0.3, -0.25) is 4.68 Å². The van der Waals surface area contributed by atoms with Crippen LogP contribution in [0.2, 0.25) is 5.02 Å². The molecule has 80 valence electrons. The number of aromatic nitrogens is 2. The van der Waals surface area contributed by atoms with Crippen LogP contribution in [-0.4, -0.2) is 16.8 Å². The summed E-state index contributed by atoms with van der Waals surface area (Å²) in [7, 11) is 3.88. The van der Waals surface area contributed by atoms with Gasteiger partial charge in [0.2, 0.25) is 0 Å². The maximum atomic E-state index is 6.08. The summed E-state index contributed by atoms with van der Waals surface area (Å²) in [5, 5.41) is 8.15. The maximum absolute atomic E-state index is 6.08. The van der Waals surface area contributed by atoms with Crippen LogP contribution in [0, 0.1) is 5.92 Å². The predicted molar refractivity (Wildman–Crippen MR) is 59.5 cm³/mol. The Balaban J connectivity index is 2.88. The fourth-order valence-corrected chi connectivity index (χ4v) is 1.95. The first-order valence-electron chi connectivity index (χ1n) is 4.91. The van der Waals surface area contributed by atoms with Gasteiger partial charge in [-0.1, -0.05) is 25.4 Å². The van der Waals surface area contributed by atoms with E-state index in [2.05, 4.69) is 24.3 Å². The second-order valence-corrected chi connectivity index (χ2v) is 4.38. The first kappa shape index (κ1) is 11.5. The van der Waals surface area contributed by atoms with E-state index in [1.165, 1.54) is 0 Å². The van der Waals surface area contributed by atoms with Crippen molar-refractivity contribution in [2.75, 3.05) is 7.05 Å². The van der Waals surface area contributed by atoms with Crippen LogP contribution in [0.4, 0.5) is 0 Å². The minimum atomic E-state index is 0.287. The number of hydrogen-bond donors (Lipinski definition) is 1. The number of nitrogens with zero attached hydrogens (tertiary/aromatic N) is 2. The highest BCUT2D eigenvalue weighted by atomic mass is 35.5. The highest BCUT2D eigenvalue weighted by Crippen LogP contribution is 2.26. The van der Waals surface area contributed by atoms with Crippen molar-refractivity contribution in [2.24, 2.45) is 13.0 Å². The van der Waals surface area contributed by atoms with Crippen LogP contribution in [0.15, 0.2) is 6.20 Å². The van der Waals surface area contributed by atoms with Gasteiger partial charge in [-0.25, -0.2) is 0 Å². The highest BCUT2D eigenvalue weighted by molar-refractivity contribution is 6.31. The van der Waals surface area contributed by atoms with E-state index in [1.807, 2.05) is 18.8 Å². The Bertz CT molecular complexity index is 274. The van der Waals surface area contributed by atoms with Gasteiger partial charge in [0.15, 0.2) is 0 Å². The minimum Gasteiger partial charge on any atom is -0.312 e. The van der Waals surface area contributed by atoms with Gasteiger partial charge in [-0.15, -0.1) is 0 Å². The molecule has 1 rings (SSSR count). The molecule has 1 aromatic heterocycles.